The van der Waals surface area contributed by atoms with Crippen molar-refractivity contribution in [1.29, 1.82) is 0 Å². The van der Waals surface area contributed by atoms with Crippen molar-refractivity contribution in [2.75, 3.05) is 24.7 Å². The normalized spacial score (nSPS) is 10.4. The van der Waals surface area contributed by atoms with Crippen molar-refractivity contribution in [2.45, 2.75) is 13.3 Å². The standard InChI is InChI=1S/C13H16FN5O2/c1-3-7-16-13-17-12(15)19(18-13)11(20)10-8(14)5-4-6-9(10)21-2/h4-6H,3,7H2,1-2H3,(H3,15,16,17,18). The minimum atomic E-state index is -0.737. The molecule has 0 aliphatic rings. The number of ether oxygens (including phenoxy) is 1. The molecule has 21 heavy (non-hydrogen) atoms. The van der Waals surface area contributed by atoms with Crippen LogP contribution in [0.1, 0.15) is 23.7 Å². The second kappa shape index (κ2) is 6.21. The Bertz CT molecular complexity index is 656. The Kier molecular flexibility index (Phi) is 4.36. The Labute approximate surface area is 120 Å². The maximum atomic E-state index is 13.9. The predicted octanol–water partition coefficient (Wildman–Crippen LogP) is 1.52. The summed E-state index contributed by atoms with van der Waals surface area (Å²) in [6, 6.07) is 4.10. The van der Waals surface area contributed by atoms with Crippen LogP contribution in [0.2, 0.25) is 0 Å². The number of rotatable bonds is 5. The number of methoxy groups -OCH3 is 1. The number of carbonyl (C=O) groups excluding carboxylic acids is 1. The maximum Gasteiger partial charge on any atom is 0.288 e. The van der Waals surface area contributed by atoms with Crippen LogP contribution in [0.5, 0.6) is 5.75 Å². The van der Waals surface area contributed by atoms with E-state index in [1.54, 1.807) is 0 Å². The average Bonchev–Trinajstić information content (AvgIpc) is 2.85. The van der Waals surface area contributed by atoms with Crippen LogP contribution in [0.25, 0.3) is 0 Å². The number of hydrogen-bond acceptors (Lipinski definition) is 6. The highest BCUT2D eigenvalue weighted by Gasteiger charge is 2.23. The molecular weight excluding hydrogens is 277 g/mol. The van der Waals surface area contributed by atoms with Crippen molar-refractivity contribution in [3.8, 4) is 5.75 Å². The van der Waals surface area contributed by atoms with Gasteiger partial charge in [-0.3, -0.25) is 4.79 Å². The molecular formula is C13H16FN5O2. The second-order valence-corrected chi connectivity index (χ2v) is 4.25. The van der Waals surface area contributed by atoms with Gasteiger partial charge in [0, 0.05) is 6.54 Å². The molecule has 2 aromatic rings. The number of anilines is 2. The second-order valence-electron chi connectivity index (χ2n) is 4.25. The summed E-state index contributed by atoms with van der Waals surface area (Å²) in [7, 11) is 1.35. The van der Waals surface area contributed by atoms with Gasteiger partial charge in [0.2, 0.25) is 11.9 Å². The molecule has 1 aromatic carbocycles. The molecule has 112 valence electrons. The molecule has 0 aliphatic carbocycles. The van der Waals surface area contributed by atoms with Gasteiger partial charge in [0.15, 0.2) is 0 Å². The van der Waals surface area contributed by atoms with Crippen molar-refractivity contribution < 1.29 is 13.9 Å². The topological polar surface area (TPSA) is 95.1 Å². The number of halogens is 1. The van der Waals surface area contributed by atoms with E-state index in [9.17, 15) is 9.18 Å². The van der Waals surface area contributed by atoms with E-state index in [0.717, 1.165) is 11.1 Å². The van der Waals surface area contributed by atoms with E-state index in [4.69, 9.17) is 10.5 Å². The summed E-state index contributed by atoms with van der Waals surface area (Å²) in [6.07, 6.45) is 0.865. The van der Waals surface area contributed by atoms with E-state index in [1.807, 2.05) is 6.92 Å². The Morgan fingerprint density at radius 1 is 1.52 bits per heavy atom. The van der Waals surface area contributed by atoms with Gasteiger partial charge in [0.25, 0.3) is 5.91 Å². The number of aromatic nitrogens is 3. The smallest absolute Gasteiger partial charge is 0.288 e. The average molecular weight is 293 g/mol. The van der Waals surface area contributed by atoms with E-state index in [0.29, 0.717) is 6.54 Å². The Hall–Kier alpha value is -2.64. The van der Waals surface area contributed by atoms with E-state index in [1.165, 1.54) is 25.3 Å². The lowest BCUT2D eigenvalue weighted by Gasteiger charge is -2.08. The zero-order valence-corrected chi connectivity index (χ0v) is 11.8. The summed E-state index contributed by atoms with van der Waals surface area (Å²) < 4.78 is 19.7. The fraction of sp³-hybridized carbons (Fsp3) is 0.308. The largest absolute Gasteiger partial charge is 0.496 e. The molecule has 0 saturated heterocycles. The van der Waals surface area contributed by atoms with Crippen LogP contribution in [-0.2, 0) is 0 Å². The lowest BCUT2D eigenvalue weighted by atomic mass is 10.1. The van der Waals surface area contributed by atoms with Gasteiger partial charge in [-0.05, 0) is 18.6 Å². The Balaban J connectivity index is 2.39. The van der Waals surface area contributed by atoms with Crippen LogP contribution < -0.4 is 15.8 Å². The number of nitrogens with two attached hydrogens (primary N) is 1. The van der Waals surface area contributed by atoms with Gasteiger partial charge in [0.05, 0.1) is 7.11 Å². The summed E-state index contributed by atoms with van der Waals surface area (Å²) in [5.41, 5.74) is 5.42. The van der Waals surface area contributed by atoms with Gasteiger partial charge in [-0.25, -0.2) is 4.39 Å². The highest BCUT2D eigenvalue weighted by molar-refractivity contribution is 5.99. The third-order valence-electron chi connectivity index (χ3n) is 2.77. The molecule has 0 atom stereocenters. The van der Waals surface area contributed by atoms with Crippen molar-refractivity contribution in [1.82, 2.24) is 14.8 Å². The van der Waals surface area contributed by atoms with Crippen molar-refractivity contribution in [3.05, 3.63) is 29.6 Å². The molecule has 0 amide bonds. The monoisotopic (exact) mass is 293 g/mol. The first-order valence-corrected chi connectivity index (χ1v) is 6.42. The lowest BCUT2D eigenvalue weighted by Crippen LogP contribution is -2.19. The predicted molar refractivity (Wildman–Crippen MR) is 75.9 cm³/mol. The number of nitrogens with zero attached hydrogens (tertiary/aromatic N) is 3. The molecule has 1 aromatic heterocycles. The van der Waals surface area contributed by atoms with E-state index in [2.05, 4.69) is 15.4 Å². The molecule has 2 rings (SSSR count). The molecule has 0 bridgehead atoms. The minimum absolute atomic E-state index is 0.109. The molecule has 0 unspecified atom stereocenters. The molecule has 8 heteroatoms. The van der Waals surface area contributed by atoms with Gasteiger partial charge in [-0.1, -0.05) is 13.0 Å². The van der Waals surface area contributed by atoms with Crippen LogP contribution in [0.15, 0.2) is 18.2 Å². The first kappa shape index (κ1) is 14.8. The van der Waals surface area contributed by atoms with Gasteiger partial charge in [0.1, 0.15) is 17.1 Å². The third kappa shape index (κ3) is 2.93. The van der Waals surface area contributed by atoms with Crippen molar-refractivity contribution in [3.63, 3.8) is 0 Å². The molecule has 0 radical (unpaired) electrons. The molecule has 1 heterocycles. The minimum Gasteiger partial charge on any atom is -0.496 e. The summed E-state index contributed by atoms with van der Waals surface area (Å²) in [4.78, 5) is 16.3. The highest BCUT2D eigenvalue weighted by atomic mass is 19.1. The van der Waals surface area contributed by atoms with Crippen LogP contribution in [0.3, 0.4) is 0 Å². The molecule has 3 N–H and O–H groups in total. The van der Waals surface area contributed by atoms with Crippen LogP contribution >= 0.6 is 0 Å². The summed E-state index contributed by atoms with van der Waals surface area (Å²) in [6.45, 7) is 2.61. The summed E-state index contributed by atoms with van der Waals surface area (Å²) >= 11 is 0. The fourth-order valence-electron chi connectivity index (χ4n) is 1.77. The quantitative estimate of drug-likeness (QED) is 0.867. The molecule has 0 spiro atoms. The van der Waals surface area contributed by atoms with E-state index < -0.39 is 11.7 Å². The van der Waals surface area contributed by atoms with Gasteiger partial charge in [-0.15, -0.1) is 5.10 Å². The summed E-state index contributed by atoms with van der Waals surface area (Å²) in [5, 5.41) is 6.84. The zero-order valence-electron chi connectivity index (χ0n) is 11.8. The molecule has 7 nitrogen and oxygen atoms in total. The number of nitrogen functional groups attached to an aromatic ring is 1. The maximum absolute atomic E-state index is 13.9. The highest BCUT2D eigenvalue weighted by Crippen LogP contribution is 2.23. The van der Waals surface area contributed by atoms with Crippen LogP contribution in [0.4, 0.5) is 16.3 Å². The zero-order chi connectivity index (χ0) is 15.4. The number of nitrogens with one attached hydrogen (secondary N) is 1. The molecule has 0 fully saturated rings. The number of hydrogen-bond donors (Lipinski definition) is 2. The first-order valence-electron chi connectivity index (χ1n) is 6.42. The lowest BCUT2D eigenvalue weighted by molar-refractivity contribution is 0.0940. The van der Waals surface area contributed by atoms with Crippen LogP contribution in [0, 0.1) is 5.82 Å². The number of carbonyl (C=O) groups is 1. The Morgan fingerprint density at radius 2 is 2.29 bits per heavy atom. The van der Waals surface area contributed by atoms with E-state index in [-0.39, 0.29) is 23.2 Å². The SMILES string of the molecule is CCCNc1nc(N)n(C(=O)c2c(F)cccc2OC)n1. The third-order valence-corrected chi connectivity index (χ3v) is 2.77. The van der Waals surface area contributed by atoms with Crippen molar-refractivity contribution >= 4 is 17.8 Å². The molecule has 0 saturated carbocycles. The first-order chi connectivity index (χ1) is 10.1. The van der Waals surface area contributed by atoms with Gasteiger partial charge < -0.3 is 15.8 Å². The van der Waals surface area contributed by atoms with Crippen molar-refractivity contribution in [2.24, 2.45) is 0 Å². The van der Waals surface area contributed by atoms with E-state index >= 15 is 0 Å². The van der Waals surface area contributed by atoms with Crippen LogP contribution in [-0.4, -0.2) is 34.3 Å². The Morgan fingerprint density at radius 3 is 2.95 bits per heavy atom. The molecule has 0 aliphatic heterocycles. The van der Waals surface area contributed by atoms with Gasteiger partial charge in [-0.2, -0.15) is 9.67 Å². The van der Waals surface area contributed by atoms with Gasteiger partial charge >= 0.3 is 0 Å². The number of benzene rings is 1. The fourth-order valence-corrected chi connectivity index (χ4v) is 1.77. The summed E-state index contributed by atoms with van der Waals surface area (Å²) in [5.74, 6) is -1.24.